The maximum absolute atomic E-state index is 15.1. The van der Waals surface area contributed by atoms with Crippen molar-refractivity contribution >= 4 is 22.6 Å². The minimum absolute atomic E-state index is 0. The smallest absolute Gasteiger partial charge is 0.545 e. The van der Waals surface area contributed by atoms with E-state index in [9.17, 15) is 19.1 Å². The SMILES string of the molecule is CNn1cc(C(=O)[O-])c(=O)c2cc(F)c(N3CCN(C)CC3)c(F)c21.[Na+]. The van der Waals surface area contributed by atoms with Gasteiger partial charge in [-0.2, -0.15) is 0 Å². The number of fused-ring (bicyclic) bond motifs is 1. The van der Waals surface area contributed by atoms with Gasteiger partial charge in [0.1, 0.15) is 17.0 Å². The number of carboxylic acids is 1. The van der Waals surface area contributed by atoms with E-state index in [-0.39, 0.29) is 46.1 Å². The molecule has 1 saturated heterocycles. The van der Waals surface area contributed by atoms with Gasteiger partial charge in [0.05, 0.1) is 16.9 Å². The second kappa shape index (κ2) is 7.91. The summed E-state index contributed by atoms with van der Waals surface area (Å²) in [6.45, 7) is 2.19. The Morgan fingerprint density at radius 2 is 1.85 bits per heavy atom. The van der Waals surface area contributed by atoms with Crippen LogP contribution in [0.5, 0.6) is 0 Å². The van der Waals surface area contributed by atoms with E-state index in [1.807, 2.05) is 11.9 Å². The van der Waals surface area contributed by atoms with Crippen LogP contribution in [0.25, 0.3) is 10.9 Å². The molecule has 0 amide bonds. The summed E-state index contributed by atoms with van der Waals surface area (Å²) in [5.41, 5.74) is 0.514. The zero-order chi connectivity index (χ0) is 18.3. The number of aromatic carboxylic acids is 1. The van der Waals surface area contributed by atoms with Crippen molar-refractivity contribution in [3.63, 3.8) is 0 Å². The second-order valence-corrected chi connectivity index (χ2v) is 5.96. The molecule has 26 heavy (non-hydrogen) atoms. The number of nitrogens with one attached hydrogen (secondary N) is 1. The molecule has 0 spiro atoms. The fourth-order valence-electron chi connectivity index (χ4n) is 3.05. The number of anilines is 1. The van der Waals surface area contributed by atoms with Crippen LogP contribution in [0.1, 0.15) is 10.4 Å². The summed E-state index contributed by atoms with van der Waals surface area (Å²) in [4.78, 5) is 27.0. The topological polar surface area (TPSA) is 80.6 Å². The van der Waals surface area contributed by atoms with Crippen LogP contribution in [0.15, 0.2) is 17.1 Å². The van der Waals surface area contributed by atoms with Gasteiger partial charge in [0.25, 0.3) is 0 Å². The van der Waals surface area contributed by atoms with E-state index in [0.29, 0.717) is 26.2 Å². The fraction of sp³-hybridized carbons (Fsp3) is 0.375. The Morgan fingerprint density at radius 1 is 1.23 bits per heavy atom. The molecule has 1 aromatic heterocycles. The summed E-state index contributed by atoms with van der Waals surface area (Å²) >= 11 is 0. The molecule has 0 saturated carbocycles. The molecular formula is C16H17F2N4NaO3. The largest absolute Gasteiger partial charge is 1.00 e. The number of piperazine rings is 1. The third-order valence-corrected chi connectivity index (χ3v) is 4.44. The van der Waals surface area contributed by atoms with Gasteiger partial charge >= 0.3 is 29.6 Å². The van der Waals surface area contributed by atoms with Gasteiger partial charge in [-0.1, -0.05) is 0 Å². The summed E-state index contributed by atoms with van der Waals surface area (Å²) in [7, 11) is 3.35. The summed E-state index contributed by atoms with van der Waals surface area (Å²) in [5, 5.41) is 10.7. The second-order valence-electron chi connectivity index (χ2n) is 5.96. The number of benzene rings is 1. The van der Waals surface area contributed by atoms with Gasteiger partial charge in [-0.25, -0.2) is 8.78 Å². The van der Waals surface area contributed by atoms with Gasteiger partial charge in [-0.3, -0.25) is 9.47 Å². The first-order valence-corrected chi connectivity index (χ1v) is 7.75. The van der Waals surface area contributed by atoms with Gasteiger partial charge in [-0.05, 0) is 13.1 Å². The predicted octanol–water partition coefficient (Wildman–Crippen LogP) is -3.43. The first-order chi connectivity index (χ1) is 11.8. The number of pyridine rings is 1. The van der Waals surface area contributed by atoms with E-state index < -0.39 is 28.6 Å². The number of hydrogen-bond donors (Lipinski definition) is 1. The van der Waals surface area contributed by atoms with E-state index >= 15 is 4.39 Å². The van der Waals surface area contributed by atoms with Gasteiger partial charge in [0, 0.05) is 39.4 Å². The number of rotatable bonds is 3. The Hall–Kier alpha value is -1.68. The van der Waals surface area contributed by atoms with Gasteiger partial charge in [-0.15, -0.1) is 0 Å². The molecule has 1 N–H and O–H groups in total. The van der Waals surface area contributed by atoms with Gasteiger partial charge < -0.3 is 25.1 Å². The van der Waals surface area contributed by atoms with Crippen molar-refractivity contribution in [2.24, 2.45) is 0 Å². The van der Waals surface area contributed by atoms with Gasteiger partial charge in [0.15, 0.2) is 11.2 Å². The van der Waals surface area contributed by atoms with E-state index in [1.54, 1.807) is 4.90 Å². The molecule has 1 aliphatic rings. The maximum atomic E-state index is 15.1. The van der Waals surface area contributed by atoms with Crippen molar-refractivity contribution in [3.8, 4) is 0 Å². The quantitative estimate of drug-likeness (QED) is 0.564. The molecule has 3 rings (SSSR count). The average Bonchev–Trinajstić information content (AvgIpc) is 2.57. The molecular weight excluding hydrogens is 357 g/mol. The molecule has 1 aliphatic heterocycles. The average molecular weight is 374 g/mol. The van der Waals surface area contributed by atoms with E-state index in [2.05, 4.69) is 5.43 Å². The number of aromatic nitrogens is 1. The predicted molar refractivity (Wildman–Crippen MR) is 87.4 cm³/mol. The molecule has 10 heteroatoms. The zero-order valence-corrected chi connectivity index (χ0v) is 16.8. The fourth-order valence-corrected chi connectivity index (χ4v) is 3.05. The molecule has 0 atom stereocenters. The standard InChI is InChI=1S/C16H18F2N4O3.Na/c1-19-22-8-10(16(24)25)15(23)9-7-11(17)14(12(18)13(9)22)21-5-3-20(2)4-6-21;/h7-8,19H,3-6H2,1-2H3,(H,24,25);/q;+1/p-1. The molecule has 0 bridgehead atoms. The summed E-state index contributed by atoms with van der Waals surface area (Å²) in [6.07, 6.45) is 0.939. The van der Waals surface area contributed by atoms with Crippen molar-refractivity contribution < 1.29 is 48.2 Å². The molecule has 1 fully saturated rings. The van der Waals surface area contributed by atoms with Crippen molar-refractivity contribution in [2.45, 2.75) is 0 Å². The number of nitrogens with zero attached hydrogens (tertiary/aromatic N) is 3. The van der Waals surface area contributed by atoms with E-state index in [4.69, 9.17) is 0 Å². The van der Waals surface area contributed by atoms with Crippen LogP contribution in [0.3, 0.4) is 0 Å². The van der Waals surface area contributed by atoms with Crippen LogP contribution in [0.2, 0.25) is 0 Å². The van der Waals surface area contributed by atoms with Crippen LogP contribution in [-0.2, 0) is 0 Å². The number of likely N-dealkylation sites (N-methyl/N-ethyl adjacent to an activating group) is 1. The number of carbonyl (C=O) groups is 1. The number of carbonyl (C=O) groups excluding carboxylic acids is 1. The minimum Gasteiger partial charge on any atom is -0.545 e. The number of carboxylic acid groups (broad SMARTS) is 1. The van der Waals surface area contributed by atoms with E-state index in [0.717, 1.165) is 16.9 Å². The molecule has 134 valence electrons. The minimum atomic E-state index is -1.71. The molecule has 7 nitrogen and oxygen atoms in total. The van der Waals surface area contributed by atoms with Crippen LogP contribution >= 0.6 is 0 Å². The summed E-state index contributed by atoms with van der Waals surface area (Å²) < 4.78 is 30.7. The third-order valence-electron chi connectivity index (χ3n) is 4.44. The first kappa shape index (κ1) is 20.6. The third kappa shape index (κ3) is 3.44. The molecule has 0 aliphatic carbocycles. The van der Waals surface area contributed by atoms with Crippen LogP contribution in [0, 0.1) is 11.6 Å². The van der Waals surface area contributed by atoms with Crippen molar-refractivity contribution in [1.29, 1.82) is 0 Å². The Kier molecular flexibility index (Phi) is 6.28. The zero-order valence-electron chi connectivity index (χ0n) is 14.8. The Balaban J connectivity index is 0.00000243. The van der Waals surface area contributed by atoms with E-state index in [1.165, 1.54) is 7.05 Å². The molecule has 0 unspecified atom stereocenters. The maximum Gasteiger partial charge on any atom is 1.00 e. The number of halogens is 2. The van der Waals surface area contributed by atoms with Crippen LogP contribution in [-0.4, -0.2) is 55.8 Å². The Labute approximate surface area is 170 Å². The van der Waals surface area contributed by atoms with Crippen LogP contribution in [0.4, 0.5) is 14.5 Å². The molecule has 0 radical (unpaired) electrons. The Morgan fingerprint density at radius 3 is 2.38 bits per heavy atom. The Bertz CT molecular complexity index is 911. The monoisotopic (exact) mass is 374 g/mol. The van der Waals surface area contributed by atoms with Crippen molar-refractivity contribution in [1.82, 2.24) is 9.58 Å². The van der Waals surface area contributed by atoms with Gasteiger partial charge in [0.2, 0.25) is 0 Å². The number of hydrogen-bond acceptors (Lipinski definition) is 6. The van der Waals surface area contributed by atoms with Crippen LogP contribution < -0.4 is 50.4 Å². The molecule has 2 heterocycles. The summed E-state index contributed by atoms with van der Waals surface area (Å²) in [6, 6.07) is 0.884. The molecule has 1 aromatic carbocycles. The van der Waals surface area contributed by atoms with Crippen molar-refractivity contribution in [2.75, 3.05) is 50.6 Å². The summed E-state index contributed by atoms with van der Waals surface area (Å²) in [5.74, 6) is -3.51. The first-order valence-electron chi connectivity index (χ1n) is 7.75. The normalized spacial score (nSPS) is 15.0. The van der Waals surface area contributed by atoms with Crippen molar-refractivity contribution in [3.05, 3.63) is 39.7 Å². The molecule has 2 aromatic rings.